The van der Waals surface area contributed by atoms with Gasteiger partial charge in [0.2, 0.25) is 0 Å². The van der Waals surface area contributed by atoms with E-state index in [1.807, 2.05) is 6.08 Å². The van der Waals surface area contributed by atoms with Gasteiger partial charge in [-0.05, 0) is 74.2 Å². The Balaban J connectivity index is 2.08. The lowest BCUT2D eigenvalue weighted by atomic mass is 9.47. The highest BCUT2D eigenvalue weighted by molar-refractivity contribution is 5.66. The highest BCUT2D eigenvalue weighted by Gasteiger charge is 2.53. The second-order valence-corrected chi connectivity index (χ2v) is 8.87. The molecule has 0 unspecified atom stereocenters. The number of fused-ring (bicyclic) bond motifs is 1. The molecule has 2 saturated carbocycles. The molecule has 0 heterocycles. The van der Waals surface area contributed by atoms with E-state index in [1.54, 1.807) is 0 Å². The van der Waals surface area contributed by atoms with Crippen LogP contribution in [0, 0.1) is 22.7 Å². The van der Waals surface area contributed by atoms with E-state index < -0.39 is 0 Å². The van der Waals surface area contributed by atoms with Crippen LogP contribution in [0.25, 0.3) is 0 Å². The van der Waals surface area contributed by atoms with Crippen LogP contribution in [0.5, 0.6) is 0 Å². The van der Waals surface area contributed by atoms with Crippen LogP contribution in [0.4, 0.5) is 0 Å². The summed E-state index contributed by atoms with van der Waals surface area (Å²) in [7, 11) is 0. The van der Waals surface area contributed by atoms with Gasteiger partial charge in [-0.3, -0.25) is 4.79 Å². The number of rotatable bonds is 6. The molecule has 142 valence electrons. The third kappa shape index (κ3) is 4.36. The first-order valence-corrected chi connectivity index (χ1v) is 9.80. The zero-order chi connectivity index (χ0) is 18.7. The minimum Gasteiger partial charge on any atom is -0.462 e. The van der Waals surface area contributed by atoms with Crippen molar-refractivity contribution in [3.05, 3.63) is 23.8 Å². The van der Waals surface area contributed by atoms with Crippen molar-refractivity contribution < 1.29 is 14.6 Å². The molecule has 0 bridgehead atoms. The first-order valence-electron chi connectivity index (χ1n) is 9.80. The molecule has 0 spiro atoms. The van der Waals surface area contributed by atoms with Gasteiger partial charge in [-0.2, -0.15) is 0 Å². The predicted molar refractivity (Wildman–Crippen MR) is 102 cm³/mol. The van der Waals surface area contributed by atoms with Gasteiger partial charge in [-0.1, -0.05) is 38.0 Å². The van der Waals surface area contributed by atoms with E-state index in [0.29, 0.717) is 25.0 Å². The van der Waals surface area contributed by atoms with E-state index >= 15 is 0 Å². The molecule has 2 aliphatic carbocycles. The van der Waals surface area contributed by atoms with Gasteiger partial charge >= 0.3 is 5.97 Å². The smallest absolute Gasteiger partial charge is 0.302 e. The van der Waals surface area contributed by atoms with Crippen molar-refractivity contribution >= 4 is 5.97 Å². The molecule has 1 N–H and O–H groups in total. The summed E-state index contributed by atoms with van der Waals surface area (Å²) in [5, 5.41) is 10.0. The van der Waals surface area contributed by atoms with Crippen molar-refractivity contribution in [3.63, 3.8) is 0 Å². The van der Waals surface area contributed by atoms with Gasteiger partial charge < -0.3 is 9.84 Å². The Bertz CT molecular complexity index is 535. The Hall–Kier alpha value is -1.09. The van der Waals surface area contributed by atoms with E-state index in [1.165, 1.54) is 37.3 Å². The molecule has 0 amide bonds. The monoisotopic (exact) mass is 348 g/mol. The molecule has 0 saturated heterocycles. The Labute approximate surface area is 153 Å². The van der Waals surface area contributed by atoms with Crippen molar-refractivity contribution in [1.82, 2.24) is 0 Å². The first kappa shape index (κ1) is 20.2. The molecule has 3 nitrogen and oxygen atoms in total. The number of carbonyl (C=O) groups is 1. The van der Waals surface area contributed by atoms with Crippen molar-refractivity contribution in [2.75, 3.05) is 13.2 Å². The van der Waals surface area contributed by atoms with E-state index in [4.69, 9.17) is 4.74 Å². The van der Waals surface area contributed by atoms with E-state index in [9.17, 15) is 9.90 Å². The Morgan fingerprint density at radius 3 is 2.72 bits per heavy atom. The molecular formula is C22H36O3. The fraction of sp³-hybridized carbons (Fsp3) is 0.773. The van der Waals surface area contributed by atoms with Gasteiger partial charge in [0.1, 0.15) is 6.61 Å². The summed E-state index contributed by atoms with van der Waals surface area (Å²) in [5.74, 6) is 0.875. The fourth-order valence-corrected chi connectivity index (χ4v) is 5.58. The SMILES string of the molecule is C=C1CC[C@H]2[C@@](C)(CO)CCC[C@]2(C)[C@H]1CC/C(C)=C/COC(C)=O. The lowest BCUT2D eigenvalue weighted by Crippen LogP contribution is -2.51. The molecule has 0 aliphatic heterocycles. The minimum absolute atomic E-state index is 0.0617. The number of esters is 1. The normalized spacial score (nSPS) is 36.0. The van der Waals surface area contributed by atoms with Gasteiger partial charge in [-0.15, -0.1) is 0 Å². The first-order chi connectivity index (χ1) is 11.7. The van der Waals surface area contributed by atoms with Crippen LogP contribution in [0.2, 0.25) is 0 Å². The Kier molecular flexibility index (Phi) is 6.53. The van der Waals surface area contributed by atoms with E-state index in [2.05, 4.69) is 27.4 Å². The quantitative estimate of drug-likeness (QED) is 0.540. The number of aliphatic hydroxyl groups is 1. The average Bonchev–Trinajstić information content (AvgIpc) is 2.53. The largest absolute Gasteiger partial charge is 0.462 e. The molecule has 0 aromatic rings. The summed E-state index contributed by atoms with van der Waals surface area (Å²) in [6.07, 6.45) is 10.00. The highest BCUT2D eigenvalue weighted by Crippen LogP contribution is 2.61. The van der Waals surface area contributed by atoms with Crippen LogP contribution in [0.3, 0.4) is 0 Å². The third-order valence-corrected chi connectivity index (χ3v) is 7.05. The average molecular weight is 349 g/mol. The van der Waals surface area contributed by atoms with Crippen LogP contribution >= 0.6 is 0 Å². The standard InChI is InChI=1S/C22H36O3/c1-16(11-14-25-18(3)24)7-9-19-17(2)8-10-20-21(4,15-23)12-6-13-22(19,20)5/h11,19-20,23H,2,6-10,12-15H2,1,3-5H3/b16-11+/t19-,20-,21+,22+/m0/s1. The molecule has 4 atom stereocenters. The second kappa shape index (κ2) is 8.07. The number of hydrogen-bond donors (Lipinski definition) is 1. The van der Waals surface area contributed by atoms with Crippen molar-refractivity contribution in [3.8, 4) is 0 Å². The second-order valence-electron chi connectivity index (χ2n) is 8.87. The molecule has 0 radical (unpaired) electrons. The topological polar surface area (TPSA) is 46.5 Å². The summed E-state index contributed by atoms with van der Waals surface area (Å²) in [4.78, 5) is 10.9. The molecule has 0 aromatic heterocycles. The van der Waals surface area contributed by atoms with Gasteiger partial charge in [0.05, 0.1) is 0 Å². The van der Waals surface area contributed by atoms with Crippen LogP contribution in [-0.2, 0) is 9.53 Å². The number of carbonyl (C=O) groups excluding carboxylic acids is 1. The number of aliphatic hydroxyl groups excluding tert-OH is 1. The summed E-state index contributed by atoms with van der Waals surface area (Å²) >= 11 is 0. The predicted octanol–water partition coefficient (Wildman–Crippen LogP) is 5.05. The molecular weight excluding hydrogens is 312 g/mol. The summed E-state index contributed by atoms with van der Waals surface area (Å²) in [6.45, 7) is 13.4. The van der Waals surface area contributed by atoms with Gasteiger partial charge in [0, 0.05) is 13.5 Å². The number of hydrogen-bond acceptors (Lipinski definition) is 3. The molecule has 3 heteroatoms. The van der Waals surface area contributed by atoms with Crippen LogP contribution < -0.4 is 0 Å². The van der Waals surface area contributed by atoms with Gasteiger partial charge in [0.25, 0.3) is 0 Å². The molecule has 2 aliphatic rings. The minimum atomic E-state index is -0.231. The molecule has 0 aromatic carbocycles. The maximum Gasteiger partial charge on any atom is 0.302 e. The van der Waals surface area contributed by atoms with Crippen molar-refractivity contribution in [2.45, 2.75) is 72.6 Å². The molecule has 2 fully saturated rings. The summed E-state index contributed by atoms with van der Waals surface area (Å²) < 4.78 is 5.01. The zero-order valence-corrected chi connectivity index (χ0v) is 16.6. The highest BCUT2D eigenvalue weighted by atomic mass is 16.5. The maximum atomic E-state index is 10.9. The number of allylic oxidation sites excluding steroid dienone is 2. The van der Waals surface area contributed by atoms with Crippen molar-refractivity contribution in [2.24, 2.45) is 22.7 Å². The third-order valence-electron chi connectivity index (χ3n) is 7.05. The zero-order valence-electron chi connectivity index (χ0n) is 16.6. The van der Waals surface area contributed by atoms with Gasteiger partial charge in [0.15, 0.2) is 0 Å². The molecule has 2 rings (SSSR count). The Morgan fingerprint density at radius 1 is 1.36 bits per heavy atom. The summed E-state index contributed by atoms with van der Waals surface area (Å²) in [5.41, 5.74) is 2.99. The van der Waals surface area contributed by atoms with Crippen molar-refractivity contribution in [1.29, 1.82) is 0 Å². The van der Waals surface area contributed by atoms with Crippen LogP contribution in [0.15, 0.2) is 23.8 Å². The van der Waals surface area contributed by atoms with Crippen LogP contribution in [-0.4, -0.2) is 24.3 Å². The van der Waals surface area contributed by atoms with Gasteiger partial charge in [-0.25, -0.2) is 0 Å². The lowest BCUT2D eigenvalue weighted by Gasteiger charge is -2.58. The maximum absolute atomic E-state index is 10.9. The fourth-order valence-electron chi connectivity index (χ4n) is 5.58. The van der Waals surface area contributed by atoms with E-state index in [-0.39, 0.29) is 16.8 Å². The summed E-state index contributed by atoms with van der Waals surface area (Å²) in [6, 6.07) is 0. The number of ether oxygens (including phenoxy) is 1. The van der Waals surface area contributed by atoms with E-state index in [0.717, 1.165) is 25.7 Å². The van der Waals surface area contributed by atoms with Crippen LogP contribution in [0.1, 0.15) is 72.6 Å². The lowest BCUT2D eigenvalue weighted by molar-refractivity contribution is -0.139. The Morgan fingerprint density at radius 2 is 2.08 bits per heavy atom. The molecule has 25 heavy (non-hydrogen) atoms.